The summed E-state index contributed by atoms with van der Waals surface area (Å²) < 4.78 is 0. The molecule has 0 atom stereocenters. The number of thiazole rings is 1. The Bertz CT molecular complexity index is 854. The number of nitrogens with zero attached hydrogens (tertiary/aromatic N) is 4. The standard InChI is InChI=1S/C18H18N4OS/c1-12-19-11-17(24-12)13-4-5-14(16(23)10-13)15-6-7-18(21-20-15)22-8-2-3-9-22/h4-7,10-11,23H,2-3,8-9H2,1H3. The Morgan fingerprint density at radius 2 is 1.92 bits per heavy atom. The third-order valence-corrected chi connectivity index (χ3v) is 5.22. The van der Waals surface area contributed by atoms with E-state index in [9.17, 15) is 5.11 Å². The van der Waals surface area contributed by atoms with Crippen molar-refractivity contribution in [3.63, 3.8) is 0 Å². The fourth-order valence-electron chi connectivity index (χ4n) is 2.98. The van der Waals surface area contributed by atoms with Gasteiger partial charge in [-0.05, 0) is 49.6 Å². The number of aryl methyl sites for hydroxylation is 1. The van der Waals surface area contributed by atoms with Crippen molar-refractivity contribution in [2.24, 2.45) is 0 Å². The number of phenolic OH excluding ortho intramolecular Hbond substituents is 1. The summed E-state index contributed by atoms with van der Waals surface area (Å²) in [5.41, 5.74) is 2.34. The molecule has 0 amide bonds. The van der Waals surface area contributed by atoms with E-state index in [0.717, 1.165) is 34.4 Å². The van der Waals surface area contributed by atoms with Crippen molar-refractivity contribution in [3.05, 3.63) is 41.5 Å². The molecule has 0 bridgehead atoms. The number of benzene rings is 1. The summed E-state index contributed by atoms with van der Waals surface area (Å²) in [6.07, 6.45) is 4.25. The number of anilines is 1. The van der Waals surface area contributed by atoms with Crippen LogP contribution in [-0.2, 0) is 0 Å². The van der Waals surface area contributed by atoms with Gasteiger partial charge >= 0.3 is 0 Å². The van der Waals surface area contributed by atoms with Gasteiger partial charge in [-0.15, -0.1) is 21.5 Å². The van der Waals surface area contributed by atoms with Crippen LogP contribution in [0.4, 0.5) is 5.82 Å². The van der Waals surface area contributed by atoms with Crippen LogP contribution in [0.2, 0.25) is 0 Å². The molecule has 0 saturated carbocycles. The number of hydrogen-bond acceptors (Lipinski definition) is 6. The van der Waals surface area contributed by atoms with Gasteiger partial charge in [-0.25, -0.2) is 4.98 Å². The van der Waals surface area contributed by atoms with E-state index in [4.69, 9.17) is 0 Å². The van der Waals surface area contributed by atoms with Crippen LogP contribution in [0.25, 0.3) is 21.7 Å². The maximum Gasteiger partial charge on any atom is 0.151 e. The predicted octanol–water partition coefficient (Wildman–Crippen LogP) is 3.88. The molecule has 1 N–H and O–H groups in total. The number of rotatable bonds is 3. The maximum atomic E-state index is 10.4. The topological polar surface area (TPSA) is 62.1 Å². The summed E-state index contributed by atoms with van der Waals surface area (Å²) in [7, 11) is 0. The Labute approximate surface area is 144 Å². The zero-order valence-corrected chi connectivity index (χ0v) is 14.3. The number of aromatic hydroxyl groups is 1. The van der Waals surface area contributed by atoms with Crippen LogP contribution in [0.15, 0.2) is 36.5 Å². The van der Waals surface area contributed by atoms with Gasteiger partial charge in [0.15, 0.2) is 5.82 Å². The van der Waals surface area contributed by atoms with Crippen LogP contribution in [-0.4, -0.2) is 33.4 Å². The Hall–Kier alpha value is -2.47. The molecule has 5 nitrogen and oxygen atoms in total. The fourth-order valence-corrected chi connectivity index (χ4v) is 3.75. The molecule has 2 aromatic heterocycles. The second kappa shape index (κ2) is 6.20. The minimum atomic E-state index is 0.210. The monoisotopic (exact) mass is 338 g/mol. The molecule has 6 heteroatoms. The minimum Gasteiger partial charge on any atom is -0.507 e. The molecular weight excluding hydrogens is 320 g/mol. The molecule has 0 spiro atoms. The summed E-state index contributed by atoms with van der Waals surface area (Å²) >= 11 is 1.61. The van der Waals surface area contributed by atoms with Crippen LogP contribution >= 0.6 is 11.3 Å². The lowest BCUT2D eigenvalue weighted by Crippen LogP contribution is -2.19. The lowest BCUT2D eigenvalue weighted by atomic mass is 10.1. The third-order valence-electron chi connectivity index (χ3n) is 4.26. The molecule has 3 aromatic rings. The quantitative estimate of drug-likeness (QED) is 0.785. The Balaban J connectivity index is 1.61. The maximum absolute atomic E-state index is 10.4. The molecule has 3 heterocycles. The van der Waals surface area contributed by atoms with E-state index < -0.39 is 0 Å². The second-order valence-corrected chi connectivity index (χ2v) is 7.18. The van der Waals surface area contributed by atoms with Crippen molar-refractivity contribution in [1.29, 1.82) is 0 Å². The van der Waals surface area contributed by atoms with Crippen molar-refractivity contribution < 1.29 is 5.11 Å². The molecule has 1 aliphatic heterocycles. The number of hydrogen-bond donors (Lipinski definition) is 1. The van der Waals surface area contributed by atoms with E-state index in [1.165, 1.54) is 12.8 Å². The van der Waals surface area contributed by atoms with Gasteiger partial charge in [-0.1, -0.05) is 6.07 Å². The second-order valence-electron chi connectivity index (χ2n) is 5.95. The van der Waals surface area contributed by atoms with Gasteiger partial charge in [0.2, 0.25) is 0 Å². The van der Waals surface area contributed by atoms with Crippen LogP contribution in [0, 0.1) is 6.92 Å². The first kappa shape index (κ1) is 15.1. The highest BCUT2D eigenvalue weighted by Crippen LogP contribution is 2.34. The van der Waals surface area contributed by atoms with Gasteiger partial charge in [0.25, 0.3) is 0 Å². The minimum absolute atomic E-state index is 0.210. The van der Waals surface area contributed by atoms with Gasteiger partial charge in [-0.2, -0.15) is 0 Å². The largest absolute Gasteiger partial charge is 0.507 e. The summed E-state index contributed by atoms with van der Waals surface area (Å²) in [6, 6.07) is 9.54. The lowest BCUT2D eigenvalue weighted by molar-refractivity contribution is 0.477. The van der Waals surface area contributed by atoms with Gasteiger partial charge in [-0.3, -0.25) is 0 Å². The van der Waals surface area contributed by atoms with E-state index in [1.54, 1.807) is 17.4 Å². The molecule has 0 radical (unpaired) electrons. The molecule has 0 aliphatic carbocycles. The van der Waals surface area contributed by atoms with Crippen molar-refractivity contribution >= 4 is 17.2 Å². The smallest absolute Gasteiger partial charge is 0.151 e. The van der Waals surface area contributed by atoms with Gasteiger partial charge < -0.3 is 10.0 Å². The van der Waals surface area contributed by atoms with Crippen LogP contribution < -0.4 is 4.90 Å². The van der Waals surface area contributed by atoms with Crippen LogP contribution in [0.5, 0.6) is 5.75 Å². The van der Waals surface area contributed by atoms with E-state index >= 15 is 0 Å². The summed E-state index contributed by atoms with van der Waals surface area (Å²) in [5, 5.41) is 20.0. The zero-order chi connectivity index (χ0) is 16.5. The average Bonchev–Trinajstić information content (AvgIpc) is 3.27. The van der Waals surface area contributed by atoms with Gasteiger partial charge in [0.1, 0.15) is 5.75 Å². The van der Waals surface area contributed by atoms with Crippen molar-refractivity contribution in [2.75, 3.05) is 18.0 Å². The molecule has 24 heavy (non-hydrogen) atoms. The molecule has 0 unspecified atom stereocenters. The van der Waals surface area contributed by atoms with E-state index in [1.807, 2.05) is 37.4 Å². The highest BCUT2D eigenvalue weighted by molar-refractivity contribution is 7.15. The molecule has 1 aliphatic rings. The highest BCUT2D eigenvalue weighted by Gasteiger charge is 2.15. The first-order chi connectivity index (χ1) is 11.7. The summed E-state index contributed by atoms with van der Waals surface area (Å²) in [6.45, 7) is 4.06. The first-order valence-electron chi connectivity index (χ1n) is 8.05. The Morgan fingerprint density at radius 1 is 1.08 bits per heavy atom. The molecule has 122 valence electrons. The predicted molar refractivity (Wildman–Crippen MR) is 96.4 cm³/mol. The molecular formula is C18H18N4OS. The molecule has 1 saturated heterocycles. The average molecular weight is 338 g/mol. The molecule has 1 aromatic carbocycles. The van der Waals surface area contributed by atoms with E-state index in [-0.39, 0.29) is 5.75 Å². The SMILES string of the molecule is Cc1ncc(-c2ccc(-c3ccc(N4CCCC4)nn3)c(O)c2)s1. The molecule has 1 fully saturated rings. The Kier molecular flexibility index (Phi) is 3.90. The van der Waals surface area contributed by atoms with Crippen molar-refractivity contribution in [3.8, 4) is 27.4 Å². The zero-order valence-electron chi connectivity index (χ0n) is 13.4. The lowest BCUT2D eigenvalue weighted by Gasteiger charge is -2.15. The molecule has 4 rings (SSSR count). The number of phenols is 1. The highest BCUT2D eigenvalue weighted by atomic mass is 32.1. The van der Waals surface area contributed by atoms with Gasteiger partial charge in [0.05, 0.1) is 15.6 Å². The first-order valence-corrected chi connectivity index (χ1v) is 8.87. The third kappa shape index (κ3) is 2.85. The number of aromatic nitrogens is 3. The normalized spacial score (nSPS) is 14.3. The van der Waals surface area contributed by atoms with Gasteiger partial charge in [0, 0.05) is 24.8 Å². The van der Waals surface area contributed by atoms with E-state index in [2.05, 4.69) is 20.1 Å². The van der Waals surface area contributed by atoms with Crippen LogP contribution in [0.3, 0.4) is 0 Å². The van der Waals surface area contributed by atoms with Crippen LogP contribution in [0.1, 0.15) is 17.8 Å². The van der Waals surface area contributed by atoms with E-state index in [0.29, 0.717) is 11.3 Å². The fraction of sp³-hybridized carbons (Fsp3) is 0.278. The van der Waals surface area contributed by atoms with Crippen molar-refractivity contribution in [1.82, 2.24) is 15.2 Å². The Morgan fingerprint density at radius 3 is 2.54 bits per heavy atom. The van der Waals surface area contributed by atoms with Crippen molar-refractivity contribution in [2.45, 2.75) is 19.8 Å². The summed E-state index contributed by atoms with van der Waals surface area (Å²) in [4.78, 5) is 7.55. The summed E-state index contributed by atoms with van der Waals surface area (Å²) in [5.74, 6) is 1.12.